The first-order valence-corrected chi connectivity index (χ1v) is 6.16. The van der Waals surface area contributed by atoms with Crippen LogP contribution in [0.3, 0.4) is 0 Å². The van der Waals surface area contributed by atoms with Crippen molar-refractivity contribution in [2.45, 2.75) is 26.3 Å². The van der Waals surface area contributed by atoms with Crippen LogP contribution in [0.2, 0.25) is 0 Å². The molecule has 2 amide bonds. The highest BCUT2D eigenvalue weighted by molar-refractivity contribution is 5.93. The molecule has 0 saturated carbocycles. The van der Waals surface area contributed by atoms with E-state index in [0.717, 1.165) is 18.4 Å². The fourth-order valence-corrected chi connectivity index (χ4v) is 1.66. The van der Waals surface area contributed by atoms with Crippen LogP contribution < -0.4 is 11.3 Å². The van der Waals surface area contributed by atoms with E-state index in [2.05, 4.69) is 0 Å². The predicted molar refractivity (Wildman–Crippen MR) is 71.4 cm³/mol. The number of unbranched alkanes of at least 4 members (excludes halogenated alkanes) is 1. The number of hydrazine groups is 1. The van der Waals surface area contributed by atoms with Gasteiger partial charge in [0.2, 0.25) is 0 Å². The van der Waals surface area contributed by atoms with Crippen LogP contribution >= 0.6 is 0 Å². The molecule has 0 radical (unpaired) electrons. The van der Waals surface area contributed by atoms with Gasteiger partial charge in [0.1, 0.15) is 0 Å². The summed E-state index contributed by atoms with van der Waals surface area (Å²) in [5, 5.41) is 9.09. The van der Waals surface area contributed by atoms with Gasteiger partial charge in [0.15, 0.2) is 0 Å². The summed E-state index contributed by atoms with van der Waals surface area (Å²) in [7, 11) is 0. The lowest BCUT2D eigenvalue weighted by Gasteiger charge is -2.19. The number of amides is 2. The Morgan fingerprint density at radius 1 is 1.32 bits per heavy atom. The van der Waals surface area contributed by atoms with Crippen LogP contribution in [0.5, 0.6) is 0 Å². The molecule has 0 heterocycles. The van der Waals surface area contributed by atoms with Gasteiger partial charge in [-0.2, -0.15) is 0 Å². The molecule has 0 aliphatic rings. The maximum Gasteiger partial charge on any atom is 0.407 e. The molecule has 6 heteroatoms. The molecule has 1 aromatic carbocycles. The van der Waals surface area contributed by atoms with Crippen LogP contribution in [0.15, 0.2) is 24.3 Å². The normalized spacial score (nSPS) is 10.0. The maximum absolute atomic E-state index is 11.3. The monoisotopic (exact) mass is 265 g/mol. The second-order valence-corrected chi connectivity index (χ2v) is 4.23. The number of rotatable bonds is 6. The molecule has 4 N–H and O–H groups in total. The Balaban J connectivity index is 2.69. The number of carboxylic acid groups (broad SMARTS) is 1. The predicted octanol–water partition coefficient (Wildman–Crippen LogP) is 1.57. The van der Waals surface area contributed by atoms with Gasteiger partial charge in [0.05, 0.1) is 0 Å². The van der Waals surface area contributed by atoms with Crippen LogP contribution in [0.1, 0.15) is 35.7 Å². The van der Waals surface area contributed by atoms with E-state index >= 15 is 0 Å². The molecule has 0 fully saturated rings. The summed E-state index contributed by atoms with van der Waals surface area (Å²) < 4.78 is 0. The molecule has 0 unspecified atom stereocenters. The smallest absolute Gasteiger partial charge is 0.407 e. The van der Waals surface area contributed by atoms with Crippen molar-refractivity contribution < 1.29 is 14.7 Å². The van der Waals surface area contributed by atoms with E-state index in [1.165, 1.54) is 4.90 Å². The number of carbonyl (C=O) groups is 2. The summed E-state index contributed by atoms with van der Waals surface area (Å²) in [4.78, 5) is 23.7. The average Bonchev–Trinajstić information content (AvgIpc) is 2.43. The van der Waals surface area contributed by atoms with Crippen molar-refractivity contribution in [1.82, 2.24) is 10.3 Å². The summed E-state index contributed by atoms with van der Waals surface area (Å²) >= 11 is 0. The van der Waals surface area contributed by atoms with Gasteiger partial charge in [-0.3, -0.25) is 10.2 Å². The second kappa shape index (κ2) is 7.38. The lowest BCUT2D eigenvalue weighted by molar-refractivity contribution is 0.0953. The van der Waals surface area contributed by atoms with Gasteiger partial charge < -0.3 is 10.0 Å². The van der Waals surface area contributed by atoms with E-state index in [1.54, 1.807) is 24.3 Å². The van der Waals surface area contributed by atoms with Crippen molar-refractivity contribution in [3.63, 3.8) is 0 Å². The first-order chi connectivity index (χ1) is 9.08. The molecule has 0 bridgehead atoms. The largest absolute Gasteiger partial charge is 0.465 e. The zero-order valence-corrected chi connectivity index (χ0v) is 10.9. The number of nitrogens with one attached hydrogen (secondary N) is 1. The average molecular weight is 265 g/mol. The number of hydrogen-bond acceptors (Lipinski definition) is 3. The molecule has 104 valence electrons. The number of benzene rings is 1. The van der Waals surface area contributed by atoms with Gasteiger partial charge >= 0.3 is 6.09 Å². The third kappa shape index (κ3) is 4.59. The van der Waals surface area contributed by atoms with Crippen LogP contribution in [0.4, 0.5) is 4.79 Å². The molecule has 19 heavy (non-hydrogen) atoms. The molecule has 0 spiro atoms. The lowest BCUT2D eigenvalue weighted by Crippen LogP contribution is -2.30. The number of nitrogens with two attached hydrogens (primary N) is 1. The summed E-state index contributed by atoms with van der Waals surface area (Å²) in [6.07, 6.45) is 0.844. The lowest BCUT2D eigenvalue weighted by atomic mass is 10.1. The first-order valence-electron chi connectivity index (χ1n) is 6.16. The van der Waals surface area contributed by atoms with E-state index in [9.17, 15) is 9.59 Å². The SMILES string of the molecule is CCCCN(Cc1ccc(C(=O)NN)cc1)C(=O)O. The van der Waals surface area contributed by atoms with Crippen molar-refractivity contribution in [3.8, 4) is 0 Å². The Morgan fingerprint density at radius 3 is 2.42 bits per heavy atom. The minimum atomic E-state index is -0.933. The van der Waals surface area contributed by atoms with E-state index in [4.69, 9.17) is 10.9 Å². The fraction of sp³-hybridized carbons (Fsp3) is 0.385. The number of hydrogen-bond donors (Lipinski definition) is 3. The quantitative estimate of drug-likeness (QED) is 0.413. The third-order valence-corrected chi connectivity index (χ3v) is 2.77. The van der Waals surface area contributed by atoms with E-state index in [-0.39, 0.29) is 5.91 Å². The molecule has 1 aromatic rings. The molecule has 6 nitrogen and oxygen atoms in total. The second-order valence-electron chi connectivity index (χ2n) is 4.23. The summed E-state index contributed by atoms with van der Waals surface area (Å²) in [6.45, 7) is 2.84. The topological polar surface area (TPSA) is 95.7 Å². The maximum atomic E-state index is 11.3. The van der Waals surface area contributed by atoms with Crippen molar-refractivity contribution in [2.24, 2.45) is 5.84 Å². The van der Waals surface area contributed by atoms with Gasteiger partial charge in [-0.15, -0.1) is 0 Å². The van der Waals surface area contributed by atoms with Crippen LogP contribution in [-0.4, -0.2) is 28.6 Å². The molecule has 1 rings (SSSR count). The summed E-state index contributed by atoms with van der Waals surface area (Å²) in [6, 6.07) is 6.70. The minimum absolute atomic E-state index is 0.319. The van der Waals surface area contributed by atoms with Gasteiger partial charge in [-0.25, -0.2) is 10.6 Å². The molecule has 0 aliphatic carbocycles. The van der Waals surface area contributed by atoms with Gasteiger partial charge in [0, 0.05) is 18.7 Å². The van der Waals surface area contributed by atoms with E-state index in [1.807, 2.05) is 12.3 Å². The summed E-state index contributed by atoms with van der Waals surface area (Å²) in [5.74, 6) is 4.66. The number of nitrogen functional groups attached to an aromatic ring is 1. The van der Waals surface area contributed by atoms with Crippen molar-refractivity contribution in [1.29, 1.82) is 0 Å². The van der Waals surface area contributed by atoms with Crippen molar-refractivity contribution in [3.05, 3.63) is 35.4 Å². The Kier molecular flexibility index (Phi) is 5.81. The van der Waals surface area contributed by atoms with Gasteiger partial charge in [-0.1, -0.05) is 25.5 Å². The first kappa shape index (κ1) is 15.0. The Bertz CT molecular complexity index is 431. The van der Waals surface area contributed by atoms with Crippen LogP contribution in [0.25, 0.3) is 0 Å². The molecule has 0 saturated heterocycles. The fourth-order valence-electron chi connectivity index (χ4n) is 1.66. The Hall–Kier alpha value is -2.08. The van der Waals surface area contributed by atoms with Crippen molar-refractivity contribution in [2.75, 3.05) is 6.54 Å². The molecule has 0 aromatic heterocycles. The Labute approximate surface area is 112 Å². The zero-order valence-electron chi connectivity index (χ0n) is 10.9. The highest BCUT2D eigenvalue weighted by atomic mass is 16.4. The third-order valence-electron chi connectivity index (χ3n) is 2.77. The molecular formula is C13H19N3O3. The minimum Gasteiger partial charge on any atom is -0.465 e. The molecular weight excluding hydrogens is 246 g/mol. The zero-order chi connectivity index (χ0) is 14.3. The van der Waals surface area contributed by atoms with Crippen LogP contribution in [0, 0.1) is 0 Å². The Morgan fingerprint density at radius 2 is 1.95 bits per heavy atom. The molecule has 0 atom stereocenters. The molecule has 0 aliphatic heterocycles. The summed E-state index contributed by atoms with van der Waals surface area (Å²) in [5.41, 5.74) is 3.33. The number of nitrogens with zero attached hydrogens (tertiary/aromatic N) is 1. The van der Waals surface area contributed by atoms with Crippen LogP contribution in [-0.2, 0) is 6.54 Å². The van der Waals surface area contributed by atoms with Crippen molar-refractivity contribution >= 4 is 12.0 Å². The number of carbonyl (C=O) groups excluding carboxylic acids is 1. The van der Waals surface area contributed by atoms with E-state index in [0.29, 0.717) is 18.7 Å². The standard InChI is InChI=1S/C13H19N3O3/c1-2-3-8-16(13(18)19)9-10-4-6-11(7-5-10)12(17)15-14/h4-7H,2-3,8-9,14H2,1H3,(H,15,17)(H,18,19). The van der Waals surface area contributed by atoms with Gasteiger partial charge in [0.25, 0.3) is 5.91 Å². The van der Waals surface area contributed by atoms with E-state index < -0.39 is 6.09 Å². The van der Waals surface area contributed by atoms with Gasteiger partial charge in [-0.05, 0) is 24.1 Å². The highest BCUT2D eigenvalue weighted by Crippen LogP contribution is 2.09. The highest BCUT2D eigenvalue weighted by Gasteiger charge is 2.12.